The van der Waals surface area contributed by atoms with Crippen LogP contribution in [0.1, 0.15) is 54.5 Å². The Morgan fingerprint density at radius 1 is 1.07 bits per heavy atom. The third kappa shape index (κ3) is 5.73. The molecule has 2 aromatic rings. The standard InChI is InChI=1S/C23H30O5/c1-14(2)20-10-18(6-7-22(20)25)11-21-15(3)8-19(9-16(21)4)27-13-23(26)28-17(5)12-24/h6-10,14,17,24-25H,11-13H2,1-5H3. The number of carbonyl (C=O) groups is 1. The molecule has 0 spiro atoms. The van der Waals surface area contributed by atoms with E-state index in [1.165, 1.54) is 5.56 Å². The summed E-state index contributed by atoms with van der Waals surface area (Å²) in [6, 6.07) is 9.58. The second-order valence-electron chi connectivity index (χ2n) is 7.53. The van der Waals surface area contributed by atoms with Crippen molar-refractivity contribution in [1.29, 1.82) is 0 Å². The minimum Gasteiger partial charge on any atom is -0.508 e. The number of aromatic hydroxyl groups is 1. The van der Waals surface area contributed by atoms with Crippen LogP contribution in [0.15, 0.2) is 30.3 Å². The largest absolute Gasteiger partial charge is 0.508 e. The molecule has 0 amide bonds. The highest BCUT2D eigenvalue weighted by molar-refractivity contribution is 5.71. The lowest BCUT2D eigenvalue weighted by Gasteiger charge is -2.16. The highest BCUT2D eigenvalue weighted by atomic mass is 16.6. The van der Waals surface area contributed by atoms with E-state index in [-0.39, 0.29) is 19.1 Å². The molecule has 0 aliphatic carbocycles. The summed E-state index contributed by atoms with van der Waals surface area (Å²) < 4.78 is 10.5. The number of rotatable bonds is 8. The average Bonchev–Trinajstić information content (AvgIpc) is 2.63. The van der Waals surface area contributed by atoms with Gasteiger partial charge in [0, 0.05) is 0 Å². The molecule has 152 valence electrons. The fourth-order valence-corrected chi connectivity index (χ4v) is 3.13. The van der Waals surface area contributed by atoms with Gasteiger partial charge in [0.1, 0.15) is 17.6 Å². The number of carbonyl (C=O) groups excluding carboxylic acids is 1. The molecule has 2 aromatic carbocycles. The van der Waals surface area contributed by atoms with E-state index in [4.69, 9.17) is 14.6 Å². The van der Waals surface area contributed by atoms with Crippen LogP contribution in [-0.4, -0.2) is 35.5 Å². The monoisotopic (exact) mass is 386 g/mol. The molecule has 0 aromatic heterocycles. The zero-order valence-corrected chi connectivity index (χ0v) is 17.3. The molecule has 1 unspecified atom stereocenters. The van der Waals surface area contributed by atoms with Gasteiger partial charge in [-0.2, -0.15) is 0 Å². The van der Waals surface area contributed by atoms with Gasteiger partial charge in [-0.15, -0.1) is 0 Å². The van der Waals surface area contributed by atoms with E-state index in [0.29, 0.717) is 11.5 Å². The molecule has 2 rings (SSSR count). The molecule has 0 saturated carbocycles. The van der Waals surface area contributed by atoms with Crippen LogP contribution in [0.25, 0.3) is 0 Å². The summed E-state index contributed by atoms with van der Waals surface area (Å²) in [5, 5.41) is 18.9. The molecular weight excluding hydrogens is 356 g/mol. The zero-order valence-electron chi connectivity index (χ0n) is 17.3. The molecule has 0 aliphatic heterocycles. The number of aliphatic hydroxyl groups excluding tert-OH is 1. The van der Waals surface area contributed by atoms with Crippen LogP contribution in [-0.2, 0) is 16.0 Å². The number of esters is 1. The lowest BCUT2D eigenvalue weighted by Crippen LogP contribution is -2.23. The maximum absolute atomic E-state index is 11.7. The molecule has 5 heteroatoms. The summed E-state index contributed by atoms with van der Waals surface area (Å²) in [4.78, 5) is 11.7. The van der Waals surface area contributed by atoms with Crippen molar-refractivity contribution in [2.24, 2.45) is 0 Å². The molecule has 0 fully saturated rings. The Hall–Kier alpha value is -2.53. The number of phenolic OH excluding ortho intramolecular Hbond substituents is 1. The molecule has 5 nitrogen and oxygen atoms in total. The highest BCUT2D eigenvalue weighted by Crippen LogP contribution is 2.29. The first-order chi connectivity index (χ1) is 13.2. The molecular formula is C23H30O5. The number of hydrogen-bond acceptors (Lipinski definition) is 5. The number of aryl methyl sites for hydroxylation is 2. The predicted molar refractivity (Wildman–Crippen MR) is 109 cm³/mol. The Morgan fingerprint density at radius 3 is 2.29 bits per heavy atom. The van der Waals surface area contributed by atoms with Gasteiger partial charge in [0.05, 0.1) is 6.61 Å². The quantitative estimate of drug-likeness (QED) is 0.670. The summed E-state index contributed by atoms with van der Waals surface area (Å²) in [6.45, 7) is 9.37. The molecule has 0 radical (unpaired) electrons. The van der Waals surface area contributed by atoms with Crippen LogP contribution >= 0.6 is 0 Å². The third-order valence-electron chi connectivity index (χ3n) is 4.71. The van der Waals surface area contributed by atoms with Gasteiger partial charge in [-0.1, -0.05) is 26.0 Å². The van der Waals surface area contributed by atoms with E-state index in [1.54, 1.807) is 13.0 Å². The highest BCUT2D eigenvalue weighted by Gasteiger charge is 2.13. The second-order valence-corrected chi connectivity index (χ2v) is 7.53. The van der Waals surface area contributed by atoms with Gasteiger partial charge in [0.15, 0.2) is 6.61 Å². The maximum atomic E-state index is 11.7. The van der Waals surface area contributed by atoms with Crippen molar-refractivity contribution in [3.8, 4) is 11.5 Å². The van der Waals surface area contributed by atoms with Gasteiger partial charge in [-0.25, -0.2) is 4.79 Å². The topological polar surface area (TPSA) is 76.0 Å². The van der Waals surface area contributed by atoms with Crippen molar-refractivity contribution in [3.63, 3.8) is 0 Å². The Balaban J connectivity index is 2.12. The summed E-state index contributed by atoms with van der Waals surface area (Å²) in [6.07, 6.45) is 0.219. The first-order valence-corrected chi connectivity index (χ1v) is 9.56. The molecule has 0 heterocycles. The van der Waals surface area contributed by atoms with E-state index in [9.17, 15) is 9.90 Å². The van der Waals surface area contributed by atoms with Crippen LogP contribution in [0.3, 0.4) is 0 Å². The van der Waals surface area contributed by atoms with Gasteiger partial charge in [-0.05, 0) is 79.1 Å². The number of ether oxygens (including phenoxy) is 2. The molecule has 0 aliphatic rings. The summed E-state index contributed by atoms with van der Waals surface area (Å²) in [7, 11) is 0. The van der Waals surface area contributed by atoms with E-state index in [1.807, 2.05) is 32.0 Å². The Bertz CT molecular complexity index is 803. The number of aliphatic hydroxyl groups is 1. The van der Waals surface area contributed by atoms with Crippen molar-refractivity contribution < 1.29 is 24.5 Å². The van der Waals surface area contributed by atoms with E-state index in [2.05, 4.69) is 19.9 Å². The molecule has 0 bridgehead atoms. The smallest absolute Gasteiger partial charge is 0.344 e. The van der Waals surface area contributed by atoms with Gasteiger partial charge >= 0.3 is 5.97 Å². The summed E-state index contributed by atoms with van der Waals surface area (Å²) in [5.41, 5.74) is 5.44. The number of hydrogen-bond donors (Lipinski definition) is 2. The van der Waals surface area contributed by atoms with Crippen LogP contribution in [0.2, 0.25) is 0 Å². The zero-order chi connectivity index (χ0) is 20.8. The minimum absolute atomic E-state index is 0.196. The molecule has 2 N–H and O–H groups in total. The third-order valence-corrected chi connectivity index (χ3v) is 4.71. The minimum atomic E-state index is -0.539. The Labute approximate surface area is 166 Å². The summed E-state index contributed by atoms with van der Waals surface area (Å²) in [5.74, 6) is 0.691. The predicted octanol–water partition coefficient (Wildman–Crippen LogP) is 4.03. The average molecular weight is 386 g/mol. The maximum Gasteiger partial charge on any atom is 0.344 e. The van der Waals surface area contributed by atoms with Crippen molar-refractivity contribution in [3.05, 3.63) is 58.1 Å². The van der Waals surface area contributed by atoms with Gasteiger partial charge in [0.2, 0.25) is 0 Å². The fourth-order valence-electron chi connectivity index (χ4n) is 3.13. The van der Waals surface area contributed by atoms with Crippen molar-refractivity contribution >= 4 is 5.97 Å². The van der Waals surface area contributed by atoms with Crippen molar-refractivity contribution in [2.45, 2.75) is 53.1 Å². The van der Waals surface area contributed by atoms with Crippen molar-refractivity contribution in [2.75, 3.05) is 13.2 Å². The molecule has 28 heavy (non-hydrogen) atoms. The molecule has 1 atom stereocenters. The van der Waals surface area contributed by atoms with Crippen LogP contribution < -0.4 is 4.74 Å². The van der Waals surface area contributed by atoms with Gasteiger partial charge < -0.3 is 19.7 Å². The number of phenols is 1. The fraction of sp³-hybridized carbons (Fsp3) is 0.435. The number of benzene rings is 2. The summed E-state index contributed by atoms with van der Waals surface area (Å²) >= 11 is 0. The van der Waals surface area contributed by atoms with Crippen LogP contribution in [0, 0.1) is 13.8 Å². The Morgan fingerprint density at radius 2 is 1.71 bits per heavy atom. The van der Waals surface area contributed by atoms with Crippen LogP contribution in [0.4, 0.5) is 0 Å². The van der Waals surface area contributed by atoms with Crippen LogP contribution in [0.5, 0.6) is 11.5 Å². The van der Waals surface area contributed by atoms with Gasteiger partial charge in [-0.3, -0.25) is 0 Å². The van der Waals surface area contributed by atoms with Crippen molar-refractivity contribution in [1.82, 2.24) is 0 Å². The van der Waals surface area contributed by atoms with E-state index >= 15 is 0 Å². The SMILES string of the molecule is Cc1cc(OCC(=O)OC(C)CO)cc(C)c1Cc1ccc(O)c(C(C)C)c1. The van der Waals surface area contributed by atoms with E-state index in [0.717, 1.165) is 28.7 Å². The molecule has 0 saturated heterocycles. The first-order valence-electron chi connectivity index (χ1n) is 9.56. The lowest BCUT2D eigenvalue weighted by atomic mass is 9.93. The Kier molecular flexibility index (Phi) is 7.46. The second kappa shape index (κ2) is 9.60. The van der Waals surface area contributed by atoms with Gasteiger partial charge in [0.25, 0.3) is 0 Å². The van der Waals surface area contributed by atoms with E-state index < -0.39 is 12.1 Å². The normalized spacial score (nSPS) is 12.1. The lowest BCUT2D eigenvalue weighted by molar-refractivity contribution is -0.152. The first kappa shape index (κ1) is 21.8.